The van der Waals surface area contributed by atoms with Crippen molar-refractivity contribution in [3.8, 4) is 0 Å². The number of carbonyl (C=O) groups is 1. The molecule has 0 fully saturated rings. The number of nitrogens with zero attached hydrogens (tertiary/aromatic N) is 2. The van der Waals surface area contributed by atoms with Crippen molar-refractivity contribution in [1.82, 2.24) is 20.2 Å². The maximum absolute atomic E-state index is 10.3. The highest BCUT2D eigenvalue weighted by atomic mass is 16.2. The van der Waals surface area contributed by atoms with E-state index in [0.29, 0.717) is 19.6 Å². The van der Waals surface area contributed by atoms with Gasteiger partial charge in [-0.1, -0.05) is 0 Å². The number of primary amides is 1. The molecule has 0 unspecified atom stereocenters. The molecule has 0 atom stereocenters. The number of aromatic nitrogens is 2. The lowest BCUT2D eigenvalue weighted by Gasteiger charge is -2.04. The minimum Gasteiger partial charge on any atom is -0.352 e. The Labute approximate surface area is 82.5 Å². The van der Waals surface area contributed by atoms with Gasteiger partial charge in [0.15, 0.2) is 0 Å². The van der Waals surface area contributed by atoms with Crippen LogP contribution in [0.1, 0.15) is 5.82 Å². The molecule has 0 radical (unpaired) electrons. The largest absolute Gasteiger partial charge is 0.352 e. The van der Waals surface area contributed by atoms with Gasteiger partial charge in [-0.05, 0) is 0 Å². The summed E-state index contributed by atoms with van der Waals surface area (Å²) < 4.78 is 1.94. The minimum atomic E-state index is -0.496. The molecule has 14 heavy (non-hydrogen) atoms. The Balaban J connectivity index is 2.10. The number of aryl methyl sites for hydroxylation is 1. The van der Waals surface area contributed by atoms with Crippen molar-refractivity contribution in [2.75, 3.05) is 13.1 Å². The van der Waals surface area contributed by atoms with E-state index in [0.717, 1.165) is 5.82 Å². The van der Waals surface area contributed by atoms with Gasteiger partial charge < -0.3 is 20.9 Å². The molecule has 1 aromatic heterocycles. The zero-order valence-corrected chi connectivity index (χ0v) is 8.16. The molecule has 1 rings (SSSR count). The number of hydrogen-bond acceptors (Lipinski definition) is 3. The summed E-state index contributed by atoms with van der Waals surface area (Å²) in [4.78, 5) is 14.4. The van der Waals surface area contributed by atoms with Crippen LogP contribution in [0.25, 0.3) is 0 Å². The molecule has 0 aliphatic rings. The molecule has 6 nitrogen and oxygen atoms in total. The van der Waals surface area contributed by atoms with E-state index in [1.165, 1.54) is 0 Å². The van der Waals surface area contributed by atoms with Crippen LogP contribution in [-0.2, 0) is 13.6 Å². The van der Waals surface area contributed by atoms with Gasteiger partial charge in [0, 0.05) is 32.5 Å². The maximum atomic E-state index is 10.3. The van der Waals surface area contributed by atoms with E-state index in [9.17, 15) is 4.79 Å². The first kappa shape index (κ1) is 10.5. The van der Waals surface area contributed by atoms with Crippen molar-refractivity contribution in [2.45, 2.75) is 6.54 Å². The average molecular weight is 197 g/mol. The Morgan fingerprint density at radius 1 is 1.64 bits per heavy atom. The third-order valence-electron chi connectivity index (χ3n) is 1.81. The fraction of sp³-hybridized carbons (Fsp3) is 0.500. The summed E-state index contributed by atoms with van der Waals surface area (Å²) in [6.45, 7) is 1.89. The Kier molecular flexibility index (Phi) is 3.93. The number of urea groups is 1. The van der Waals surface area contributed by atoms with E-state index in [4.69, 9.17) is 5.73 Å². The summed E-state index contributed by atoms with van der Waals surface area (Å²) in [7, 11) is 1.94. The highest BCUT2D eigenvalue weighted by molar-refractivity contribution is 5.71. The van der Waals surface area contributed by atoms with Crippen LogP contribution in [0.3, 0.4) is 0 Å². The third kappa shape index (κ3) is 3.44. The summed E-state index contributed by atoms with van der Waals surface area (Å²) in [5.74, 6) is 0.962. The molecule has 1 heterocycles. The minimum absolute atomic E-state index is 0.496. The number of carbonyl (C=O) groups excluding carboxylic acids is 1. The van der Waals surface area contributed by atoms with Gasteiger partial charge in [-0.3, -0.25) is 0 Å². The van der Waals surface area contributed by atoms with Crippen molar-refractivity contribution in [3.63, 3.8) is 0 Å². The van der Waals surface area contributed by atoms with E-state index >= 15 is 0 Å². The van der Waals surface area contributed by atoms with Crippen molar-refractivity contribution >= 4 is 6.03 Å². The van der Waals surface area contributed by atoms with Crippen LogP contribution in [0.5, 0.6) is 0 Å². The second-order valence-electron chi connectivity index (χ2n) is 2.92. The fourth-order valence-electron chi connectivity index (χ4n) is 1.04. The molecule has 0 spiro atoms. The molecular formula is C8H15N5O. The molecule has 0 aliphatic heterocycles. The van der Waals surface area contributed by atoms with E-state index in [-0.39, 0.29) is 0 Å². The topological polar surface area (TPSA) is 85.0 Å². The molecule has 4 N–H and O–H groups in total. The molecule has 0 aromatic carbocycles. The third-order valence-corrected chi connectivity index (χ3v) is 1.81. The van der Waals surface area contributed by atoms with Gasteiger partial charge in [-0.15, -0.1) is 0 Å². The quantitative estimate of drug-likeness (QED) is 0.539. The number of nitrogens with two attached hydrogens (primary N) is 1. The van der Waals surface area contributed by atoms with Crippen molar-refractivity contribution < 1.29 is 4.79 Å². The molecular weight excluding hydrogens is 182 g/mol. The first-order chi connectivity index (χ1) is 6.70. The molecule has 2 amide bonds. The lowest BCUT2D eigenvalue weighted by molar-refractivity contribution is 0.249. The Morgan fingerprint density at radius 3 is 3.00 bits per heavy atom. The van der Waals surface area contributed by atoms with Crippen LogP contribution in [0.4, 0.5) is 4.79 Å². The molecule has 0 saturated heterocycles. The van der Waals surface area contributed by atoms with Gasteiger partial charge in [0.1, 0.15) is 5.82 Å². The molecule has 0 bridgehead atoms. The van der Waals surface area contributed by atoms with Crippen molar-refractivity contribution in [3.05, 3.63) is 18.2 Å². The van der Waals surface area contributed by atoms with Crippen LogP contribution >= 0.6 is 0 Å². The lowest BCUT2D eigenvalue weighted by Crippen LogP contribution is -2.35. The normalized spacial score (nSPS) is 10.1. The number of hydrogen-bond donors (Lipinski definition) is 3. The van der Waals surface area contributed by atoms with Crippen molar-refractivity contribution in [1.29, 1.82) is 0 Å². The van der Waals surface area contributed by atoms with Crippen molar-refractivity contribution in [2.24, 2.45) is 12.8 Å². The molecule has 1 aromatic rings. The first-order valence-corrected chi connectivity index (χ1v) is 4.40. The van der Waals surface area contributed by atoms with Crippen LogP contribution in [0, 0.1) is 0 Å². The Hall–Kier alpha value is -1.56. The van der Waals surface area contributed by atoms with Crippen LogP contribution < -0.4 is 16.4 Å². The Bertz CT molecular complexity index is 296. The van der Waals surface area contributed by atoms with E-state index in [1.807, 2.05) is 17.8 Å². The molecule has 6 heteroatoms. The highest BCUT2D eigenvalue weighted by Crippen LogP contribution is 1.91. The summed E-state index contributed by atoms with van der Waals surface area (Å²) in [6, 6.07) is -0.496. The van der Waals surface area contributed by atoms with Gasteiger partial charge in [0.05, 0.1) is 6.54 Å². The predicted molar refractivity (Wildman–Crippen MR) is 52.5 cm³/mol. The number of amides is 2. The summed E-state index contributed by atoms with van der Waals surface area (Å²) in [5.41, 5.74) is 4.90. The van der Waals surface area contributed by atoms with Gasteiger partial charge in [-0.25, -0.2) is 9.78 Å². The zero-order chi connectivity index (χ0) is 10.4. The second-order valence-corrected chi connectivity index (χ2v) is 2.92. The van der Waals surface area contributed by atoms with Crippen LogP contribution in [-0.4, -0.2) is 28.7 Å². The maximum Gasteiger partial charge on any atom is 0.312 e. The van der Waals surface area contributed by atoms with Gasteiger partial charge >= 0.3 is 6.03 Å². The summed E-state index contributed by atoms with van der Waals surface area (Å²) >= 11 is 0. The molecule has 0 aliphatic carbocycles. The van der Waals surface area contributed by atoms with E-state index in [1.54, 1.807) is 6.20 Å². The second kappa shape index (κ2) is 5.23. The standard InChI is InChI=1S/C8H15N5O/c1-13-5-4-11-7(13)6-10-2-3-12-8(9)14/h4-5,10H,2-3,6H2,1H3,(H3,9,12,14). The van der Waals surface area contributed by atoms with Gasteiger partial charge in [0.2, 0.25) is 0 Å². The van der Waals surface area contributed by atoms with Gasteiger partial charge in [0.25, 0.3) is 0 Å². The van der Waals surface area contributed by atoms with E-state index in [2.05, 4.69) is 15.6 Å². The highest BCUT2D eigenvalue weighted by Gasteiger charge is 1.97. The number of imidazole rings is 1. The average Bonchev–Trinajstić information content (AvgIpc) is 2.51. The molecule has 0 saturated carbocycles. The number of nitrogens with one attached hydrogen (secondary N) is 2. The summed E-state index contributed by atoms with van der Waals surface area (Å²) in [6.07, 6.45) is 3.64. The first-order valence-electron chi connectivity index (χ1n) is 4.40. The summed E-state index contributed by atoms with van der Waals surface area (Å²) in [5, 5.41) is 5.62. The van der Waals surface area contributed by atoms with Crippen LogP contribution in [0.2, 0.25) is 0 Å². The fourth-order valence-corrected chi connectivity index (χ4v) is 1.04. The predicted octanol–water partition coefficient (Wildman–Crippen LogP) is -0.822. The lowest BCUT2D eigenvalue weighted by atomic mass is 10.5. The Morgan fingerprint density at radius 2 is 2.43 bits per heavy atom. The monoisotopic (exact) mass is 197 g/mol. The SMILES string of the molecule is Cn1ccnc1CNCCNC(N)=O. The van der Waals surface area contributed by atoms with Crippen LogP contribution in [0.15, 0.2) is 12.4 Å². The number of rotatable bonds is 5. The molecule has 78 valence electrons. The van der Waals surface area contributed by atoms with E-state index < -0.39 is 6.03 Å². The smallest absolute Gasteiger partial charge is 0.312 e. The zero-order valence-electron chi connectivity index (χ0n) is 8.16. The van der Waals surface area contributed by atoms with Gasteiger partial charge in [-0.2, -0.15) is 0 Å².